The summed E-state index contributed by atoms with van der Waals surface area (Å²) in [6, 6.07) is 7.84. The van der Waals surface area contributed by atoms with Gasteiger partial charge in [-0.25, -0.2) is 12.8 Å². The number of hydrogen-bond donors (Lipinski definition) is 3. The fourth-order valence-corrected chi connectivity index (χ4v) is 2.43. The Balaban J connectivity index is 2.26. The molecule has 0 fully saturated rings. The molecule has 2 aromatic rings. The maximum absolute atomic E-state index is 13.7. The first kappa shape index (κ1) is 15.1. The zero-order chi connectivity index (χ0) is 15.6. The van der Waals surface area contributed by atoms with Crippen LogP contribution >= 0.6 is 0 Å². The number of benzene rings is 2. The van der Waals surface area contributed by atoms with Crippen LogP contribution in [-0.4, -0.2) is 24.9 Å². The third kappa shape index (κ3) is 3.43. The van der Waals surface area contributed by atoms with Gasteiger partial charge in [-0.15, -0.1) is 0 Å². The summed E-state index contributed by atoms with van der Waals surface area (Å²) < 4.78 is 36.6. The average molecular weight is 311 g/mol. The predicted molar refractivity (Wildman–Crippen MR) is 76.6 cm³/mol. The molecule has 2 aromatic carbocycles. The molecule has 21 heavy (non-hydrogen) atoms. The number of nitrogens with one attached hydrogen (secondary N) is 1. The molecule has 0 spiro atoms. The van der Waals surface area contributed by atoms with Crippen molar-refractivity contribution < 1.29 is 23.0 Å². The van der Waals surface area contributed by atoms with Gasteiger partial charge in [0.05, 0.1) is 10.6 Å². The lowest BCUT2D eigenvalue weighted by Gasteiger charge is -2.11. The molecule has 0 bridgehead atoms. The second-order valence-electron chi connectivity index (χ2n) is 4.55. The van der Waals surface area contributed by atoms with Gasteiger partial charge in [-0.3, -0.25) is 0 Å². The van der Waals surface area contributed by atoms with Crippen molar-refractivity contribution >= 4 is 15.5 Å². The number of para-hydroxylation sites is 1. The first-order valence-corrected chi connectivity index (χ1v) is 7.91. The van der Waals surface area contributed by atoms with Crippen LogP contribution < -0.4 is 5.32 Å². The Bertz CT molecular complexity index is 775. The van der Waals surface area contributed by atoms with Crippen LogP contribution in [0.1, 0.15) is 5.56 Å². The van der Waals surface area contributed by atoms with Crippen LogP contribution in [0.5, 0.6) is 11.5 Å². The molecule has 112 valence electrons. The first-order valence-electron chi connectivity index (χ1n) is 6.02. The van der Waals surface area contributed by atoms with Crippen LogP contribution in [0.25, 0.3) is 0 Å². The van der Waals surface area contributed by atoms with Crippen LogP contribution in [0.3, 0.4) is 0 Å². The van der Waals surface area contributed by atoms with E-state index < -0.39 is 15.7 Å². The van der Waals surface area contributed by atoms with Crippen molar-refractivity contribution in [1.82, 2.24) is 0 Å². The highest BCUT2D eigenvalue weighted by atomic mass is 32.2. The molecule has 0 unspecified atom stereocenters. The molecule has 0 aliphatic carbocycles. The highest BCUT2D eigenvalue weighted by molar-refractivity contribution is 7.90. The van der Waals surface area contributed by atoms with Gasteiger partial charge in [0, 0.05) is 18.4 Å². The van der Waals surface area contributed by atoms with E-state index in [4.69, 9.17) is 0 Å². The number of phenolic OH excluding ortho intramolecular Hbond substituents is 2. The quantitative estimate of drug-likeness (QED) is 0.595. The summed E-state index contributed by atoms with van der Waals surface area (Å²) in [5.74, 6) is -1.19. The van der Waals surface area contributed by atoms with Gasteiger partial charge in [0.2, 0.25) is 0 Å². The van der Waals surface area contributed by atoms with Gasteiger partial charge in [0.1, 0.15) is 5.82 Å². The van der Waals surface area contributed by atoms with Gasteiger partial charge >= 0.3 is 0 Å². The Morgan fingerprint density at radius 1 is 1.19 bits per heavy atom. The fraction of sp³-hybridized carbons (Fsp3) is 0.143. The summed E-state index contributed by atoms with van der Waals surface area (Å²) in [5.41, 5.74) is 0.361. The van der Waals surface area contributed by atoms with E-state index in [2.05, 4.69) is 5.32 Å². The summed E-state index contributed by atoms with van der Waals surface area (Å²) in [6.45, 7) is 0.0321. The normalized spacial score (nSPS) is 11.3. The molecule has 0 aromatic heterocycles. The lowest BCUT2D eigenvalue weighted by molar-refractivity contribution is 0.400. The van der Waals surface area contributed by atoms with Gasteiger partial charge < -0.3 is 15.5 Å². The van der Waals surface area contributed by atoms with Gasteiger partial charge in [-0.05, 0) is 24.3 Å². The Morgan fingerprint density at radius 2 is 1.90 bits per heavy atom. The van der Waals surface area contributed by atoms with Crippen molar-refractivity contribution in [3.8, 4) is 11.5 Å². The second-order valence-corrected chi connectivity index (χ2v) is 6.57. The highest BCUT2D eigenvalue weighted by Crippen LogP contribution is 2.29. The number of halogens is 1. The molecule has 0 aliphatic heterocycles. The Kier molecular flexibility index (Phi) is 4.04. The third-order valence-corrected chi connectivity index (χ3v) is 4.04. The molecular weight excluding hydrogens is 297 g/mol. The molecule has 3 N–H and O–H groups in total. The zero-order valence-corrected chi connectivity index (χ0v) is 12.0. The molecule has 0 radical (unpaired) electrons. The SMILES string of the molecule is CS(=O)(=O)c1ccc(F)c(NCc2cccc(O)c2O)c1. The Labute approximate surface area is 121 Å². The lowest BCUT2D eigenvalue weighted by atomic mass is 10.2. The summed E-state index contributed by atoms with van der Waals surface area (Å²) in [4.78, 5) is -0.00784. The van der Waals surface area contributed by atoms with Gasteiger partial charge in [-0.1, -0.05) is 12.1 Å². The van der Waals surface area contributed by atoms with Crippen LogP contribution in [0.15, 0.2) is 41.3 Å². The predicted octanol–water partition coefficient (Wildman–Crippen LogP) is 2.25. The Hall–Kier alpha value is -2.28. The molecule has 7 heteroatoms. The van der Waals surface area contributed by atoms with Crippen LogP contribution in [-0.2, 0) is 16.4 Å². The van der Waals surface area contributed by atoms with Gasteiger partial charge in [-0.2, -0.15) is 0 Å². The van der Waals surface area contributed by atoms with E-state index >= 15 is 0 Å². The minimum absolute atomic E-state index is 0.000618. The molecule has 0 saturated carbocycles. The van der Waals surface area contributed by atoms with E-state index in [-0.39, 0.29) is 28.6 Å². The maximum Gasteiger partial charge on any atom is 0.175 e. The maximum atomic E-state index is 13.7. The summed E-state index contributed by atoms with van der Waals surface area (Å²) in [7, 11) is -3.44. The third-order valence-electron chi connectivity index (χ3n) is 2.93. The smallest absolute Gasteiger partial charge is 0.175 e. The molecule has 0 atom stereocenters. The number of sulfone groups is 1. The number of rotatable bonds is 4. The van der Waals surface area contributed by atoms with Crippen LogP contribution in [0.2, 0.25) is 0 Å². The number of hydrogen-bond acceptors (Lipinski definition) is 5. The minimum Gasteiger partial charge on any atom is -0.504 e. The van der Waals surface area contributed by atoms with Crippen molar-refractivity contribution in [1.29, 1.82) is 0 Å². The van der Waals surface area contributed by atoms with E-state index in [0.29, 0.717) is 5.56 Å². The highest BCUT2D eigenvalue weighted by Gasteiger charge is 2.12. The molecule has 0 heterocycles. The van der Waals surface area contributed by atoms with Crippen molar-refractivity contribution in [3.63, 3.8) is 0 Å². The average Bonchev–Trinajstić information content (AvgIpc) is 2.40. The molecule has 0 aliphatic rings. The fourth-order valence-electron chi connectivity index (χ4n) is 1.78. The lowest BCUT2D eigenvalue weighted by Crippen LogP contribution is -2.04. The number of anilines is 1. The molecule has 5 nitrogen and oxygen atoms in total. The van der Waals surface area contributed by atoms with E-state index in [9.17, 15) is 23.0 Å². The largest absolute Gasteiger partial charge is 0.504 e. The van der Waals surface area contributed by atoms with Crippen molar-refractivity contribution in [2.45, 2.75) is 11.4 Å². The van der Waals surface area contributed by atoms with E-state index in [1.165, 1.54) is 24.3 Å². The van der Waals surface area contributed by atoms with Gasteiger partial charge in [0.25, 0.3) is 0 Å². The summed E-state index contributed by atoms with van der Waals surface area (Å²) in [5, 5.41) is 21.7. The van der Waals surface area contributed by atoms with E-state index in [1.807, 2.05) is 0 Å². The molecular formula is C14H14FNO4S. The Morgan fingerprint density at radius 3 is 2.57 bits per heavy atom. The molecule has 0 saturated heterocycles. The first-order chi connectivity index (χ1) is 9.79. The summed E-state index contributed by atoms with van der Waals surface area (Å²) in [6.07, 6.45) is 1.03. The van der Waals surface area contributed by atoms with E-state index in [1.54, 1.807) is 6.07 Å². The summed E-state index contributed by atoms with van der Waals surface area (Å²) >= 11 is 0. The number of phenols is 2. The van der Waals surface area contributed by atoms with Crippen molar-refractivity contribution in [2.24, 2.45) is 0 Å². The minimum atomic E-state index is -3.44. The molecule has 2 rings (SSSR count). The van der Waals surface area contributed by atoms with Gasteiger partial charge in [0.15, 0.2) is 21.3 Å². The van der Waals surface area contributed by atoms with Crippen LogP contribution in [0, 0.1) is 5.82 Å². The van der Waals surface area contributed by atoms with Crippen molar-refractivity contribution in [3.05, 3.63) is 47.8 Å². The molecule has 0 amide bonds. The zero-order valence-electron chi connectivity index (χ0n) is 11.2. The number of aromatic hydroxyl groups is 2. The topological polar surface area (TPSA) is 86.6 Å². The van der Waals surface area contributed by atoms with Crippen molar-refractivity contribution in [2.75, 3.05) is 11.6 Å². The second kappa shape index (κ2) is 5.61. The van der Waals surface area contributed by atoms with Crippen LogP contribution in [0.4, 0.5) is 10.1 Å². The monoisotopic (exact) mass is 311 g/mol. The standard InChI is InChI=1S/C14H14FNO4S/c1-21(19,20)10-5-6-11(15)12(7-10)16-8-9-3-2-4-13(17)14(9)18/h2-7,16-18H,8H2,1H3. The van der Waals surface area contributed by atoms with E-state index in [0.717, 1.165) is 12.3 Å².